The molecule has 2 heteroatoms. The van der Waals surface area contributed by atoms with Crippen LogP contribution in [0.3, 0.4) is 0 Å². The molecule has 0 saturated heterocycles. The first-order valence-corrected chi connectivity index (χ1v) is 5.50. The molecule has 1 aliphatic rings. The number of carbonyl (C=O) groups excluding carboxylic acids is 1. The summed E-state index contributed by atoms with van der Waals surface area (Å²) in [4.78, 5) is 11.0. The molecule has 0 radical (unpaired) electrons. The van der Waals surface area contributed by atoms with Crippen molar-refractivity contribution in [3.05, 3.63) is 34.9 Å². The van der Waals surface area contributed by atoms with E-state index in [1.165, 1.54) is 16.7 Å². The molecule has 2 nitrogen and oxygen atoms in total. The Bertz CT molecular complexity index is 384. The molecule has 1 aliphatic carbocycles. The molecule has 1 atom stereocenters. The van der Waals surface area contributed by atoms with Crippen LogP contribution in [0.25, 0.3) is 0 Å². The smallest absolute Gasteiger partial charge is 0.217 e. The maximum Gasteiger partial charge on any atom is 0.217 e. The van der Waals surface area contributed by atoms with Crippen molar-refractivity contribution in [3.63, 3.8) is 0 Å². The Kier molecular flexibility index (Phi) is 2.76. The Morgan fingerprint density at radius 2 is 2.20 bits per heavy atom. The van der Waals surface area contributed by atoms with Gasteiger partial charge in [0.15, 0.2) is 0 Å². The van der Waals surface area contributed by atoms with E-state index in [0.717, 1.165) is 19.3 Å². The fraction of sp³-hybridized carbons (Fsp3) is 0.462. The van der Waals surface area contributed by atoms with E-state index in [2.05, 4.69) is 30.4 Å². The van der Waals surface area contributed by atoms with Gasteiger partial charge in [-0.05, 0) is 37.3 Å². The van der Waals surface area contributed by atoms with E-state index in [1.807, 2.05) is 0 Å². The zero-order chi connectivity index (χ0) is 10.8. The highest BCUT2D eigenvalue weighted by Crippen LogP contribution is 2.22. The summed E-state index contributed by atoms with van der Waals surface area (Å²) in [6.07, 6.45) is 3.13. The number of fused-ring (bicyclic) bond motifs is 1. The van der Waals surface area contributed by atoms with E-state index < -0.39 is 0 Å². The van der Waals surface area contributed by atoms with Crippen LogP contribution in [0, 0.1) is 6.92 Å². The van der Waals surface area contributed by atoms with Gasteiger partial charge < -0.3 is 5.32 Å². The summed E-state index contributed by atoms with van der Waals surface area (Å²) in [6.45, 7) is 3.70. The van der Waals surface area contributed by atoms with Crippen LogP contribution in [0.5, 0.6) is 0 Å². The van der Waals surface area contributed by atoms with Gasteiger partial charge in [-0.25, -0.2) is 0 Å². The van der Waals surface area contributed by atoms with Gasteiger partial charge in [0.2, 0.25) is 5.91 Å². The number of aryl methyl sites for hydroxylation is 2. The van der Waals surface area contributed by atoms with Crippen LogP contribution >= 0.6 is 0 Å². The first-order chi connectivity index (χ1) is 7.15. The summed E-state index contributed by atoms with van der Waals surface area (Å²) in [7, 11) is 0. The highest BCUT2D eigenvalue weighted by molar-refractivity contribution is 5.73. The van der Waals surface area contributed by atoms with E-state index in [0.29, 0.717) is 6.04 Å². The van der Waals surface area contributed by atoms with Crippen LogP contribution in [0.15, 0.2) is 18.2 Å². The van der Waals surface area contributed by atoms with Gasteiger partial charge in [0.05, 0.1) is 0 Å². The zero-order valence-electron chi connectivity index (χ0n) is 9.34. The second-order valence-electron chi connectivity index (χ2n) is 4.41. The number of nitrogens with one attached hydrogen (secondary N) is 1. The SMILES string of the molecule is CC(=O)NC1CCc2ccc(C)cc2C1. The van der Waals surface area contributed by atoms with Crippen molar-refractivity contribution in [2.24, 2.45) is 0 Å². The van der Waals surface area contributed by atoms with E-state index in [4.69, 9.17) is 0 Å². The van der Waals surface area contributed by atoms with Gasteiger partial charge in [-0.1, -0.05) is 23.8 Å². The van der Waals surface area contributed by atoms with Crippen LogP contribution in [0.2, 0.25) is 0 Å². The molecule has 0 spiro atoms. The lowest BCUT2D eigenvalue weighted by atomic mass is 9.87. The van der Waals surface area contributed by atoms with Gasteiger partial charge in [0.1, 0.15) is 0 Å². The van der Waals surface area contributed by atoms with Crippen LogP contribution < -0.4 is 5.32 Å². The van der Waals surface area contributed by atoms with Gasteiger partial charge in [-0.3, -0.25) is 4.79 Å². The topological polar surface area (TPSA) is 29.1 Å². The lowest BCUT2D eigenvalue weighted by Gasteiger charge is -2.25. The number of carbonyl (C=O) groups is 1. The van der Waals surface area contributed by atoms with Crippen molar-refractivity contribution in [3.8, 4) is 0 Å². The summed E-state index contributed by atoms with van der Waals surface area (Å²) in [5.74, 6) is 0.0797. The van der Waals surface area contributed by atoms with Gasteiger partial charge in [0, 0.05) is 13.0 Å². The molecule has 1 aromatic rings. The van der Waals surface area contributed by atoms with E-state index >= 15 is 0 Å². The number of amides is 1. The van der Waals surface area contributed by atoms with E-state index in [9.17, 15) is 4.79 Å². The fourth-order valence-electron chi connectivity index (χ4n) is 2.30. The third-order valence-electron chi connectivity index (χ3n) is 3.00. The van der Waals surface area contributed by atoms with Crippen molar-refractivity contribution in [1.29, 1.82) is 0 Å². The maximum absolute atomic E-state index is 11.0. The standard InChI is InChI=1S/C13H17NO/c1-9-3-4-11-5-6-13(14-10(2)15)8-12(11)7-9/h3-4,7,13H,5-6,8H2,1-2H3,(H,14,15). The van der Waals surface area contributed by atoms with Gasteiger partial charge in [-0.2, -0.15) is 0 Å². The number of hydrogen-bond donors (Lipinski definition) is 1. The summed E-state index contributed by atoms with van der Waals surface area (Å²) < 4.78 is 0. The minimum Gasteiger partial charge on any atom is -0.353 e. The zero-order valence-corrected chi connectivity index (χ0v) is 9.34. The highest BCUT2D eigenvalue weighted by atomic mass is 16.1. The predicted octanol–water partition coefficient (Wildman–Crippen LogP) is 1.99. The maximum atomic E-state index is 11.0. The van der Waals surface area contributed by atoms with Crippen molar-refractivity contribution in [1.82, 2.24) is 5.32 Å². The molecule has 0 heterocycles. The quantitative estimate of drug-likeness (QED) is 0.743. The molecule has 1 unspecified atom stereocenters. The Balaban J connectivity index is 2.14. The first kappa shape index (κ1) is 10.2. The number of benzene rings is 1. The minimum atomic E-state index is 0.0797. The van der Waals surface area contributed by atoms with Crippen molar-refractivity contribution < 1.29 is 4.79 Å². The predicted molar refractivity (Wildman–Crippen MR) is 60.8 cm³/mol. The average molecular weight is 203 g/mol. The molecule has 15 heavy (non-hydrogen) atoms. The minimum absolute atomic E-state index is 0.0797. The molecule has 1 aromatic carbocycles. The van der Waals surface area contributed by atoms with Gasteiger partial charge in [-0.15, -0.1) is 0 Å². The lowest BCUT2D eigenvalue weighted by Crippen LogP contribution is -2.37. The molecular weight excluding hydrogens is 186 g/mol. The molecular formula is C13H17NO. The Morgan fingerprint density at radius 3 is 2.93 bits per heavy atom. The number of hydrogen-bond acceptors (Lipinski definition) is 1. The third-order valence-corrected chi connectivity index (χ3v) is 3.00. The third kappa shape index (κ3) is 2.38. The van der Waals surface area contributed by atoms with E-state index in [1.54, 1.807) is 6.92 Å². The van der Waals surface area contributed by atoms with Gasteiger partial charge in [0.25, 0.3) is 0 Å². The lowest BCUT2D eigenvalue weighted by molar-refractivity contribution is -0.119. The molecule has 1 amide bonds. The van der Waals surface area contributed by atoms with Gasteiger partial charge >= 0.3 is 0 Å². The van der Waals surface area contributed by atoms with Crippen LogP contribution in [0.4, 0.5) is 0 Å². The molecule has 0 saturated carbocycles. The molecule has 0 fully saturated rings. The summed E-state index contributed by atoms with van der Waals surface area (Å²) in [5.41, 5.74) is 4.15. The molecule has 0 bridgehead atoms. The molecule has 0 aromatic heterocycles. The average Bonchev–Trinajstić information content (AvgIpc) is 2.16. The Hall–Kier alpha value is -1.31. The molecule has 0 aliphatic heterocycles. The van der Waals surface area contributed by atoms with Crippen molar-refractivity contribution in [2.75, 3.05) is 0 Å². The summed E-state index contributed by atoms with van der Waals surface area (Å²) >= 11 is 0. The fourth-order valence-corrected chi connectivity index (χ4v) is 2.30. The van der Waals surface area contributed by atoms with E-state index in [-0.39, 0.29) is 5.91 Å². The van der Waals surface area contributed by atoms with Crippen LogP contribution in [-0.2, 0) is 17.6 Å². The second kappa shape index (κ2) is 4.05. The Labute approximate surface area is 90.7 Å². The van der Waals surface area contributed by atoms with Crippen molar-refractivity contribution in [2.45, 2.75) is 39.2 Å². The summed E-state index contributed by atoms with van der Waals surface area (Å²) in [6, 6.07) is 6.95. The molecule has 80 valence electrons. The first-order valence-electron chi connectivity index (χ1n) is 5.50. The van der Waals surface area contributed by atoms with Crippen molar-refractivity contribution >= 4 is 5.91 Å². The summed E-state index contributed by atoms with van der Waals surface area (Å²) in [5, 5.41) is 3.00. The van der Waals surface area contributed by atoms with Crippen LogP contribution in [-0.4, -0.2) is 11.9 Å². The largest absolute Gasteiger partial charge is 0.353 e. The second-order valence-corrected chi connectivity index (χ2v) is 4.41. The molecule has 1 N–H and O–H groups in total. The normalized spacial score (nSPS) is 19.5. The highest BCUT2D eigenvalue weighted by Gasteiger charge is 2.18. The molecule has 2 rings (SSSR count). The Morgan fingerprint density at radius 1 is 1.40 bits per heavy atom. The van der Waals surface area contributed by atoms with Crippen LogP contribution in [0.1, 0.15) is 30.0 Å². The monoisotopic (exact) mass is 203 g/mol. The number of rotatable bonds is 1.